The molecule has 2 atom stereocenters. The van der Waals surface area contributed by atoms with Crippen LogP contribution in [0.25, 0.3) is 0 Å². The van der Waals surface area contributed by atoms with Crippen LogP contribution in [0.1, 0.15) is 53.8 Å². The molecule has 0 spiro atoms. The third-order valence-corrected chi connectivity index (χ3v) is 6.95. The van der Waals surface area contributed by atoms with E-state index in [0.717, 1.165) is 18.5 Å². The molecular formula is C20H20F7N5O2S. The smallest absolute Gasteiger partial charge is 0.320 e. The molecule has 2 heterocycles. The number of aromatic nitrogens is 3. The second-order valence-corrected chi connectivity index (χ2v) is 11.6. The van der Waals surface area contributed by atoms with Crippen molar-refractivity contribution in [3.63, 3.8) is 0 Å². The summed E-state index contributed by atoms with van der Waals surface area (Å²) in [6, 6.07) is 2.20. The molecule has 2 aromatic rings. The Hall–Kier alpha value is -2.71. The Labute approximate surface area is 195 Å². The number of anilines is 1. The van der Waals surface area contributed by atoms with E-state index < -0.39 is 87.7 Å². The number of halogens is 7. The molecule has 2 unspecified atom stereocenters. The second-order valence-electron chi connectivity index (χ2n) is 9.48. The van der Waals surface area contributed by atoms with E-state index in [0.29, 0.717) is 4.68 Å². The predicted octanol–water partition coefficient (Wildman–Crippen LogP) is 5.14. The maximum absolute atomic E-state index is 14.1. The van der Waals surface area contributed by atoms with Crippen molar-refractivity contribution in [2.45, 2.75) is 61.7 Å². The molecule has 2 N–H and O–H groups in total. The molecule has 2 aromatic heterocycles. The molecule has 1 amide bonds. The van der Waals surface area contributed by atoms with E-state index in [4.69, 9.17) is 4.78 Å². The lowest BCUT2D eigenvalue weighted by atomic mass is 9.67. The first-order chi connectivity index (χ1) is 15.8. The minimum absolute atomic E-state index is 0.151. The highest BCUT2D eigenvalue weighted by Crippen LogP contribution is 2.58. The van der Waals surface area contributed by atoms with Gasteiger partial charge in [0.25, 0.3) is 11.8 Å². The van der Waals surface area contributed by atoms with Crippen molar-refractivity contribution < 1.29 is 39.7 Å². The van der Waals surface area contributed by atoms with Crippen LogP contribution in [-0.2, 0) is 22.5 Å². The van der Waals surface area contributed by atoms with Crippen molar-refractivity contribution in [2.75, 3.05) is 11.6 Å². The number of alkyl halides is 7. The van der Waals surface area contributed by atoms with Gasteiger partial charge >= 0.3 is 6.18 Å². The fourth-order valence-electron chi connectivity index (χ4n) is 4.42. The summed E-state index contributed by atoms with van der Waals surface area (Å²) in [5.41, 5.74) is -5.11. The summed E-state index contributed by atoms with van der Waals surface area (Å²) in [6.45, 7) is 0.859. The first-order valence-corrected chi connectivity index (χ1v) is 12.2. The number of carbonyl (C=O) groups excluding carboxylic acids is 1. The zero-order valence-electron chi connectivity index (χ0n) is 18.3. The molecule has 2 aliphatic rings. The molecule has 2 saturated carbocycles. The molecule has 0 aromatic carbocycles. The van der Waals surface area contributed by atoms with Crippen LogP contribution in [0.4, 0.5) is 36.4 Å². The molecule has 0 bridgehead atoms. The third kappa shape index (κ3) is 5.00. The number of hydrogen-bond donors (Lipinski definition) is 2. The summed E-state index contributed by atoms with van der Waals surface area (Å²) >= 11 is 0. The van der Waals surface area contributed by atoms with E-state index in [1.165, 1.54) is 13.0 Å². The quantitative estimate of drug-likeness (QED) is 0.508. The molecule has 0 saturated heterocycles. The van der Waals surface area contributed by atoms with E-state index >= 15 is 0 Å². The van der Waals surface area contributed by atoms with Crippen LogP contribution in [0.3, 0.4) is 0 Å². The Balaban J connectivity index is 1.78. The zero-order valence-corrected chi connectivity index (χ0v) is 19.2. The first-order valence-electron chi connectivity index (χ1n) is 10.3. The number of nitrogens with one attached hydrogen (secondary N) is 2. The minimum Gasteiger partial charge on any atom is -0.320 e. The molecular weight excluding hydrogens is 507 g/mol. The SMILES string of the molecule is CC1(Cn2nc(C3CC3(F)F)c(C(F)(F)F)c2C(=O)Nc2ccnc(S(C)(=N)=O)c2)CC(F)(F)C1. The lowest BCUT2D eigenvalue weighted by Gasteiger charge is -2.44. The second kappa shape index (κ2) is 7.64. The van der Waals surface area contributed by atoms with Gasteiger partial charge < -0.3 is 5.32 Å². The van der Waals surface area contributed by atoms with Crippen molar-refractivity contribution >= 4 is 21.3 Å². The maximum Gasteiger partial charge on any atom is 0.420 e. The Morgan fingerprint density at radius 2 is 1.89 bits per heavy atom. The third-order valence-electron chi connectivity index (χ3n) is 5.93. The number of carbonyl (C=O) groups is 1. The molecule has 15 heteroatoms. The lowest BCUT2D eigenvalue weighted by Crippen LogP contribution is -2.47. The van der Waals surface area contributed by atoms with Gasteiger partial charge in [-0.1, -0.05) is 6.92 Å². The lowest BCUT2D eigenvalue weighted by molar-refractivity contribution is -0.160. The van der Waals surface area contributed by atoms with Crippen molar-refractivity contribution in [1.82, 2.24) is 14.8 Å². The molecule has 0 radical (unpaired) electrons. The Morgan fingerprint density at radius 1 is 1.29 bits per heavy atom. The van der Waals surface area contributed by atoms with E-state index in [2.05, 4.69) is 15.4 Å². The van der Waals surface area contributed by atoms with Gasteiger partial charge in [0.2, 0.25) is 5.92 Å². The number of rotatable bonds is 6. The highest BCUT2D eigenvalue weighted by Gasteiger charge is 2.62. The number of pyridine rings is 1. The predicted molar refractivity (Wildman–Crippen MR) is 109 cm³/mol. The highest BCUT2D eigenvalue weighted by molar-refractivity contribution is 7.91. The van der Waals surface area contributed by atoms with Gasteiger partial charge in [0.1, 0.15) is 16.3 Å². The molecule has 35 heavy (non-hydrogen) atoms. The van der Waals surface area contributed by atoms with E-state index in [-0.39, 0.29) is 10.7 Å². The average molecular weight is 527 g/mol. The van der Waals surface area contributed by atoms with Gasteiger partial charge in [-0.2, -0.15) is 18.3 Å². The summed E-state index contributed by atoms with van der Waals surface area (Å²) in [7, 11) is -3.32. The summed E-state index contributed by atoms with van der Waals surface area (Å²) in [6.07, 6.45) is -5.33. The average Bonchev–Trinajstić information content (AvgIpc) is 3.11. The van der Waals surface area contributed by atoms with Crippen LogP contribution in [0, 0.1) is 10.2 Å². The molecule has 7 nitrogen and oxygen atoms in total. The first kappa shape index (κ1) is 25.4. The minimum atomic E-state index is -5.24. The van der Waals surface area contributed by atoms with Gasteiger partial charge in [-0.05, 0) is 17.5 Å². The van der Waals surface area contributed by atoms with Crippen LogP contribution in [0.2, 0.25) is 0 Å². The summed E-state index contributed by atoms with van der Waals surface area (Å²) in [4.78, 5) is 16.8. The van der Waals surface area contributed by atoms with Gasteiger partial charge in [0, 0.05) is 43.9 Å². The van der Waals surface area contributed by atoms with Crippen molar-refractivity contribution in [3.8, 4) is 0 Å². The largest absolute Gasteiger partial charge is 0.420 e. The molecule has 0 aliphatic heterocycles. The van der Waals surface area contributed by atoms with Gasteiger partial charge in [-0.25, -0.2) is 31.5 Å². The highest BCUT2D eigenvalue weighted by atomic mass is 32.2. The number of amides is 1. The van der Waals surface area contributed by atoms with Crippen LogP contribution >= 0.6 is 0 Å². The van der Waals surface area contributed by atoms with Crippen molar-refractivity contribution in [1.29, 1.82) is 4.78 Å². The Kier molecular flexibility index (Phi) is 5.54. The molecule has 192 valence electrons. The Morgan fingerprint density at radius 3 is 2.37 bits per heavy atom. The fourth-order valence-corrected chi connectivity index (χ4v) is 5.03. The van der Waals surface area contributed by atoms with Crippen molar-refractivity contribution in [3.05, 3.63) is 35.3 Å². The topological polar surface area (TPSA) is 101 Å². The van der Waals surface area contributed by atoms with E-state index in [9.17, 15) is 39.7 Å². The number of nitrogens with zero attached hydrogens (tertiary/aromatic N) is 3. The van der Waals surface area contributed by atoms with E-state index in [1.807, 2.05) is 0 Å². The number of hydrogen-bond acceptors (Lipinski definition) is 5. The standard InChI is InChI=1S/C20H20F7N5O2S/c1-17(7-18(21,22)8-17)9-32-15(13(20(25,26)27)14(31-32)11-6-19(11,23)24)16(33)30-10-3-4-29-12(5-10)35(2,28)34/h3-5,11,28H,6-9H2,1-2H3,(H,29,30,33). The molecule has 2 aliphatic carbocycles. The normalized spacial score (nSPS) is 23.7. The monoisotopic (exact) mass is 527 g/mol. The Bertz CT molecular complexity index is 1300. The summed E-state index contributed by atoms with van der Waals surface area (Å²) in [5, 5.41) is 5.61. The molecule has 4 rings (SSSR count). The van der Waals surface area contributed by atoms with E-state index in [1.54, 1.807) is 0 Å². The van der Waals surface area contributed by atoms with Gasteiger partial charge in [0.15, 0.2) is 0 Å². The van der Waals surface area contributed by atoms with Crippen LogP contribution in [0.5, 0.6) is 0 Å². The fraction of sp³-hybridized carbons (Fsp3) is 0.550. The zero-order chi connectivity index (χ0) is 26.2. The van der Waals surface area contributed by atoms with Gasteiger partial charge in [0.05, 0.1) is 21.3 Å². The van der Waals surface area contributed by atoms with Gasteiger partial charge in [-0.3, -0.25) is 9.48 Å². The van der Waals surface area contributed by atoms with Crippen molar-refractivity contribution in [2.24, 2.45) is 5.41 Å². The summed E-state index contributed by atoms with van der Waals surface area (Å²) < 4.78 is 117. The van der Waals surface area contributed by atoms with Crippen LogP contribution in [-0.4, -0.2) is 43.0 Å². The van der Waals surface area contributed by atoms with Crippen LogP contribution in [0.15, 0.2) is 23.4 Å². The van der Waals surface area contributed by atoms with Crippen LogP contribution < -0.4 is 5.32 Å². The van der Waals surface area contributed by atoms with Gasteiger partial charge in [-0.15, -0.1) is 0 Å². The molecule has 2 fully saturated rings. The maximum atomic E-state index is 14.1. The summed E-state index contributed by atoms with van der Waals surface area (Å²) in [5.74, 6) is -9.70.